The topological polar surface area (TPSA) is 97.5 Å². The number of rotatable bonds is 4. The molecule has 0 saturated heterocycles. The van der Waals surface area contributed by atoms with Crippen molar-refractivity contribution in [3.63, 3.8) is 0 Å². The first-order valence-corrected chi connectivity index (χ1v) is 7.56. The van der Waals surface area contributed by atoms with E-state index < -0.39 is 24.5 Å². The minimum absolute atomic E-state index is 0.161. The van der Waals surface area contributed by atoms with Crippen LogP contribution in [0, 0.1) is 10.1 Å². The van der Waals surface area contributed by atoms with Gasteiger partial charge in [0.15, 0.2) is 13.5 Å². The van der Waals surface area contributed by atoms with Crippen molar-refractivity contribution >= 4 is 31.5 Å². The second-order valence-electron chi connectivity index (χ2n) is 4.01. The number of aliphatic hydroxyl groups is 1. The van der Waals surface area contributed by atoms with Crippen LogP contribution in [-0.2, 0) is 9.84 Å². The molecule has 18 heavy (non-hydrogen) atoms. The number of alkyl halides is 1. The molecule has 1 N–H and O–H groups in total. The lowest BCUT2D eigenvalue weighted by molar-refractivity contribution is -0.385. The van der Waals surface area contributed by atoms with Gasteiger partial charge in [-0.05, 0) is 12.5 Å². The minimum Gasteiger partial charge on any atom is -0.386 e. The Labute approximate surface area is 113 Å². The summed E-state index contributed by atoms with van der Waals surface area (Å²) < 4.78 is 21.5. The molecule has 0 unspecified atom stereocenters. The molecule has 100 valence electrons. The Hall–Kier alpha value is -0.990. The highest BCUT2D eigenvalue weighted by atomic mass is 79.9. The molecule has 0 aliphatic heterocycles. The summed E-state index contributed by atoms with van der Waals surface area (Å²) >= 11 is 2.96. The number of nitro benzene ring substituents is 1. The standard InChI is InChI=1S/C10H12BrNO5S/c1-10(11,18(2,16)17)9(13)7-4-3-5-8(6-7)12(14)15/h3-6,9,13H,1-2H3/t9-,10+/m0/s1. The zero-order valence-corrected chi connectivity index (χ0v) is 12.1. The van der Waals surface area contributed by atoms with Gasteiger partial charge in [-0.25, -0.2) is 8.42 Å². The van der Waals surface area contributed by atoms with E-state index in [0.717, 1.165) is 12.3 Å². The largest absolute Gasteiger partial charge is 0.386 e. The summed E-state index contributed by atoms with van der Waals surface area (Å²) in [6.45, 7) is 1.30. The average molecular weight is 338 g/mol. The van der Waals surface area contributed by atoms with Crippen LogP contribution in [0.5, 0.6) is 0 Å². The average Bonchev–Trinajstić information content (AvgIpc) is 2.26. The molecule has 8 heteroatoms. The van der Waals surface area contributed by atoms with E-state index in [2.05, 4.69) is 15.9 Å². The lowest BCUT2D eigenvalue weighted by Gasteiger charge is -2.26. The zero-order valence-electron chi connectivity index (χ0n) is 9.70. The van der Waals surface area contributed by atoms with Gasteiger partial charge in [0.05, 0.1) is 4.92 Å². The van der Waals surface area contributed by atoms with E-state index in [1.807, 2.05) is 0 Å². The molecule has 1 aromatic carbocycles. The summed E-state index contributed by atoms with van der Waals surface area (Å²) in [5.74, 6) is 0. The summed E-state index contributed by atoms with van der Waals surface area (Å²) in [7, 11) is -3.59. The normalized spacial score (nSPS) is 16.9. The second-order valence-corrected chi connectivity index (χ2v) is 8.58. The number of halogens is 1. The Kier molecular flexibility index (Phi) is 4.14. The van der Waals surface area contributed by atoms with Crippen molar-refractivity contribution in [2.24, 2.45) is 0 Å². The maximum absolute atomic E-state index is 11.5. The quantitative estimate of drug-likeness (QED) is 0.513. The number of hydrogen-bond donors (Lipinski definition) is 1. The third-order valence-electron chi connectivity index (χ3n) is 2.61. The van der Waals surface area contributed by atoms with Crippen molar-refractivity contribution in [1.29, 1.82) is 0 Å². The molecule has 2 atom stereocenters. The molecule has 0 saturated carbocycles. The Morgan fingerprint density at radius 2 is 2.06 bits per heavy atom. The molecule has 0 radical (unpaired) electrons. The maximum atomic E-state index is 11.5. The first-order chi connectivity index (χ1) is 8.07. The highest BCUT2D eigenvalue weighted by Crippen LogP contribution is 2.38. The molecule has 0 aliphatic rings. The molecule has 1 rings (SSSR count). The number of benzene rings is 1. The number of sulfone groups is 1. The van der Waals surface area contributed by atoms with Crippen molar-refractivity contribution in [1.82, 2.24) is 0 Å². The van der Waals surface area contributed by atoms with Crippen LogP contribution in [0.3, 0.4) is 0 Å². The van der Waals surface area contributed by atoms with Crippen molar-refractivity contribution in [2.45, 2.75) is 16.7 Å². The van der Waals surface area contributed by atoms with E-state index in [0.29, 0.717) is 0 Å². The molecule has 0 bridgehead atoms. The molecule has 0 aromatic heterocycles. The number of aliphatic hydroxyl groups excluding tert-OH is 1. The van der Waals surface area contributed by atoms with Crippen molar-refractivity contribution in [3.05, 3.63) is 39.9 Å². The zero-order chi connectivity index (χ0) is 14.1. The molecule has 1 aromatic rings. The van der Waals surface area contributed by atoms with Crippen LogP contribution >= 0.6 is 15.9 Å². The van der Waals surface area contributed by atoms with E-state index in [1.165, 1.54) is 25.1 Å². The van der Waals surface area contributed by atoms with Gasteiger partial charge in [-0.1, -0.05) is 28.1 Å². The highest BCUT2D eigenvalue weighted by Gasteiger charge is 2.41. The molecule has 0 aliphatic carbocycles. The summed E-state index contributed by atoms with van der Waals surface area (Å²) in [6, 6.07) is 5.24. The lowest BCUT2D eigenvalue weighted by atomic mass is 10.1. The summed E-state index contributed by atoms with van der Waals surface area (Å²) in [5.41, 5.74) is -0.0441. The molecule has 0 heterocycles. The number of nitro groups is 1. The number of hydrogen-bond acceptors (Lipinski definition) is 5. The molecular formula is C10H12BrNO5S. The number of nitrogens with zero attached hydrogens (tertiary/aromatic N) is 1. The Morgan fingerprint density at radius 3 is 2.50 bits per heavy atom. The third-order valence-corrected chi connectivity index (χ3v) is 6.48. The van der Waals surface area contributed by atoms with Gasteiger partial charge in [-0.3, -0.25) is 10.1 Å². The van der Waals surface area contributed by atoms with Gasteiger partial charge in [-0.15, -0.1) is 0 Å². The predicted molar refractivity (Wildman–Crippen MR) is 70.2 cm³/mol. The summed E-state index contributed by atoms with van der Waals surface area (Å²) in [4.78, 5) is 10.0. The van der Waals surface area contributed by atoms with Gasteiger partial charge in [0, 0.05) is 18.4 Å². The van der Waals surface area contributed by atoms with Gasteiger partial charge in [0.2, 0.25) is 0 Å². The Bertz CT molecular complexity index is 569. The second kappa shape index (κ2) is 4.94. The molecular weight excluding hydrogens is 326 g/mol. The van der Waals surface area contributed by atoms with E-state index in [9.17, 15) is 23.6 Å². The SMILES string of the molecule is C[C@](Br)([C@@H](O)c1cccc([N+](=O)[O-])c1)S(C)(=O)=O. The highest BCUT2D eigenvalue weighted by molar-refractivity contribution is 9.11. The van der Waals surface area contributed by atoms with Gasteiger partial charge < -0.3 is 5.11 Å². The van der Waals surface area contributed by atoms with Crippen LogP contribution in [-0.4, -0.2) is 28.4 Å². The molecule has 0 amide bonds. The Morgan fingerprint density at radius 1 is 1.50 bits per heavy atom. The van der Waals surface area contributed by atoms with Crippen LogP contribution in [0.15, 0.2) is 24.3 Å². The fraction of sp³-hybridized carbons (Fsp3) is 0.400. The lowest BCUT2D eigenvalue weighted by Crippen LogP contribution is -2.34. The molecule has 0 spiro atoms. The van der Waals surface area contributed by atoms with Crippen LogP contribution in [0.4, 0.5) is 5.69 Å². The van der Waals surface area contributed by atoms with Gasteiger partial charge in [0.25, 0.3) is 5.69 Å². The van der Waals surface area contributed by atoms with Crippen LogP contribution in [0.1, 0.15) is 18.6 Å². The summed E-state index contributed by atoms with van der Waals surface area (Å²) in [6.07, 6.45) is -0.435. The van der Waals surface area contributed by atoms with Crippen LogP contribution < -0.4 is 0 Å². The van der Waals surface area contributed by atoms with Gasteiger partial charge >= 0.3 is 0 Å². The summed E-state index contributed by atoms with van der Waals surface area (Å²) in [5, 5.41) is 20.7. The van der Waals surface area contributed by atoms with Crippen molar-refractivity contribution in [3.8, 4) is 0 Å². The smallest absolute Gasteiger partial charge is 0.269 e. The Balaban J connectivity index is 3.23. The van der Waals surface area contributed by atoms with E-state index in [4.69, 9.17) is 0 Å². The van der Waals surface area contributed by atoms with E-state index in [1.54, 1.807) is 0 Å². The van der Waals surface area contributed by atoms with Crippen molar-refractivity contribution in [2.75, 3.05) is 6.26 Å². The third kappa shape index (κ3) is 2.88. The van der Waals surface area contributed by atoms with Crippen LogP contribution in [0.2, 0.25) is 0 Å². The predicted octanol–water partition coefficient (Wildman–Crippen LogP) is 1.78. The molecule has 6 nitrogen and oxygen atoms in total. The van der Waals surface area contributed by atoms with E-state index >= 15 is 0 Å². The van der Waals surface area contributed by atoms with E-state index in [-0.39, 0.29) is 11.3 Å². The fourth-order valence-electron chi connectivity index (χ4n) is 1.31. The molecule has 0 fully saturated rings. The monoisotopic (exact) mass is 337 g/mol. The maximum Gasteiger partial charge on any atom is 0.269 e. The van der Waals surface area contributed by atoms with Gasteiger partial charge in [0.1, 0.15) is 6.10 Å². The number of non-ortho nitro benzene ring substituents is 1. The first kappa shape index (κ1) is 15.1. The van der Waals surface area contributed by atoms with Gasteiger partial charge in [-0.2, -0.15) is 0 Å². The first-order valence-electron chi connectivity index (χ1n) is 4.88. The minimum atomic E-state index is -3.59. The van der Waals surface area contributed by atoms with Crippen molar-refractivity contribution < 1.29 is 18.4 Å². The fourth-order valence-corrected chi connectivity index (χ4v) is 2.11. The van der Waals surface area contributed by atoms with Crippen LogP contribution in [0.25, 0.3) is 0 Å².